The lowest BCUT2D eigenvalue weighted by atomic mass is 9.96. The fraction of sp³-hybridized carbons (Fsp3) is 0.200. The molecule has 3 aromatic rings. The van der Waals surface area contributed by atoms with Gasteiger partial charge in [-0.15, -0.1) is 0 Å². The van der Waals surface area contributed by atoms with Crippen molar-refractivity contribution in [2.45, 2.75) is 30.0 Å². The van der Waals surface area contributed by atoms with Gasteiger partial charge >= 0.3 is 0 Å². The third-order valence-corrected chi connectivity index (χ3v) is 6.76. The molecule has 0 bridgehead atoms. The van der Waals surface area contributed by atoms with Crippen LogP contribution >= 0.6 is 0 Å². The van der Waals surface area contributed by atoms with Crippen LogP contribution in [0, 0.1) is 0 Å². The van der Waals surface area contributed by atoms with Crippen LogP contribution in [0.5, 0.6) is 0 Å². The first-order chi connectivity index (χ1) is 13.1. The van der Waals surface area contributed by atoms with Gasteiger partial charge in [-0.3, -0.25) is 9.97 Å². The number of hydrogen-bond acceptors (Lipinski definition) is 5. The van der Waals surface area contributed by atoms with Crippen LogP contribution in [-0.4, -0.2) is 33.8 Å². The molecular formula is C20H19N3O3S. The monoisotopic (exact) mass is 381 g/mol. The van der Waals surface area contributed by atoms with Crippen molar-refractivity contribution in [1.29, 1.82) is 0 Å². The van der Waals surface area contributed by atoms with Crippen LogP contribution in [-0.2, 0) is 23.0 Å². The number of nitrogens with zero attached hydrogens (tertiary/aromatic N) is 3. The summed E-state index contributed by atoms with van der Waals surface area (Å²) < 4.78 is 28.1. The van der Waals surface area contributed by atoms with Crippen molar-refractivity contribution in [3.63, 3.8) is 0 Å². The Balaban J connectivity index is 1.80. The molecule has 0 saturated heterocycles. The third-order valence-electron chi connectivity index (χ3n) is 4.81. The minimum Gasteiger partial charge on any atom is -0.387 e. The Morgan fingerprint density at radius 2 is 1.70 bits per heavy atom. The Bertz CT molecular complexity index is 1030. The fourth-order valence-corrected chi connectivity index (χ4v) is 5.33. The number of rotatable bonds is 4. The van der Waals surface area contributed by atoms with Gasteiger partial charge in [-0.2, -0.15) is 4.31 Å². The van der Waals surface area contributed by atoms with Crippen LogP contribution in [0.4, 0.5) is 0 Å². The molecule has 1 aliphatic heterocycles. The van der Waals surface area contributed by atoms with Crippen LogP contribution in [0.15, 0.2) is 78.2 Å². The third kappa shape index (κ3) is 3.37. The van der Waals surface area contributed by atoms with Crippen molar-refractivity contribution >= 4 is 10.0 Å². The molecule has 0 spiro atoms. The van der Waals surface area contributed by atoms with E-state index in [2.05, 4.69) is 9.97 Å². The van der Waals surface area contributed by atoms with E-state index < -0.39 is 22.2 Å². The van der Waals surface area contributed by atoms with Crippen molar-refractivity contribution in [1.82, 2.24) is 14.3 Å². The highest BCUT2D eigenvalue weighted by Crippen LogP contribution is 2.38. The molecule has 2 aromatic heterocycles. The molecule has 0 aliphatic carbocycles. The summed E-state index contributed by atoms with van der Waals surface area (Å²) in [5, 5.41) is 11.0. The summed E-state index contributed by atoms with van der Waals surface area (Å²) in [6.07, 6.45) is 6.07. The predicted molar refractivity (Wildman–Crippen MR) is 100 cm³/mol. The summed E-state index contributed by atoms with van der Waals surface area (Å²) >= 11 is 0. The largest absolute Gasteiger partial charge is 0.387 e. The van der Waals surface area contributed by atoms with E-state index in [-0.39, 0.29) is 11.4 Å². The molecule has 6 nitrogen and oxygen atoms in total. The quantitative estimate of drug-likeness (QED) is 0.750. The Kier molecular flexibility index (Phi) is 4.73. The van der Waals surface area contributed by atoms with Crippen molar-refractivity contribution < 1.29 is 13.5 Å². The number of hydrogen-bond donors (Lipinski definition) is 1. The van der Waals surface area contributed by atoms with E-state index in [1.165, 1.54) is 4.31 Å². The second kappa shape index (κ2) is 7.19. The first-order valence-corrected chi connectivity index (χ1v) is 10.1. The summed E-state index contributed by atoms with van der Waals surface area (Å²) in [6.45, 7) is 0.168. The summed E-state index contributed by atoms with van der Waals surface area (Å²) in [7, 11) is -3.75. The molecule has 1 aliphatic rings. The Morgan fingerprint density at radius 1 is 0.926 bits per heavy atom. The second-order valence-electron chi connectivity index (χ2n) is 6.52. The average molecular weight is 381 g/mol. The lowest BCUT2D eigenvalue weighted by molar-refractivity contribution is 0.0769. The molecule has 7 heteroatoms. The number of aliphatic hydroxyl groups excluding tert-OH is 1. The normalized spacial score (nSPS) is 21.5. The van der Waals surface area contributed by atoms with Crippen LogP contribution in [0.25, 0.3) is 0 Å². The highest BCUT2D eigenvalue weighted by atomic mass is 32.2. The lowest BCUT2D eigenvalue weighted by Gasteiger charge is -2.39. The minimum absolute atomic E-state index is 0.161. The van der Waals surface area contributed by atoms with Gasteiger partial charge in [0.15, 0.2) is 0 Å². The molecule has 0 radical (unpaired) electrons. The van der Waals surface area contributed by atoms with Gasteiger partial charge in [-0.05, 0) is 41.8 Å². The fourth-order valence-electron chi connectivity index (χ4n) is 3.47. The van der Waals surface area contributed by atoms with Crippen molar-refractivity contribution in [2.24, 2.45) is 0 Å². The van der Waals surface area contributed by atoms with E-state index in [1.807, 2.05) is 6.07 Å². The van der Waals surface area contributed by atoms with E-state index in [9.17, 15) is 13.5 Å². The molecule has 0 amide bonds. The number of sulfonamides is 1. The first-order valence-electron chi connectivity index (χ1n) is 8.64. The smallest absolute Gasteiger partial charge is 0.244 e. The number of aliphatic hydroxyl groups is 1. The molecule has 0 fully saturated rings. The summed E-state index contributed by atoms with van der Waals surface area (Å²) in [6, 6.07) is 13.3. The maximum absolute atomic E-state index is 13.3. The summed E-state index contributed by atoms with van der Waals surface area (Å²) in [5.74, 6) is 0. The van der Waals surface area contributed by atoms with Gasteiger partial charge in [-0.25, -0.2) is 8.42 Å². The molecule has 2 unspecified atom stereocenters. The van der Waals surface area contributed by atoms with Gasteiger partial charge in [0.05, 0.1) is 17.0 Å². The van der Waals surface area contributed by atoms with E-state index in [4.69, 9.17) is 0 Å². The maximum atomic E-state index is 13.3. The summed E-state index contributed by atoms with van der Waals surface area (Å²) in [5.41, 5.74) is 2.13. The molecule has 27 heavy (non-hydrogen) atoms. The Labute approximate surface area is 158 Å². The molecule has 3 heterocycles. The molecule has 1 N–H and O–H groups in total. The molecule has 4 rings (SSSR count). The second-order valence-corrected chi connectivity index (χ2v) is 8.38. The van der Waals surface area contributed by atoms with E-state index in [0.29, 0.717) is 12.0 Å². The molecule has 0 saturated carbocycles. The zero-order chi connectivity index (χ0) is 18.9. The maximum Gasteiger partial charge on any atom is 0.244 e. The number of pyridine rings is 2. The van der Waals surface area contributed by atoms with Crippen LogP contribution < -0.4 is 0 Å². The summed E-state index contributed by atoms with van der Waals surface area (Å²) in [4.78, 5) is 8.26. The topological polar surface area (TPSA) is 83.4 Å². The molecule has 1 aromatic carbocycles. The lowest BCUT2D eigenvalue weighted by Crippen LogP contribution is -2.48. The van der Waals surface area contributed by atoms with Gasteiger partial charge < -0.3 is 5.11 Å². The van der Waals surface area contributed by atoms with Crippen LogP contribution in [0.2, 0.25) is 0 Å². The van der Waals surface area contributed by atoms with Gasteiger partial charge in [0, 0.05) is 36.9 Å². The van der Waals surface area contributed by atoms with Gasteiger partial charge in [0.1, 0.15) is 0 Å². The zero-order valence-electron chi connectivity index (χ0n) is 14.5. The van der Waals surface area contributed by atoms with Crippen molar-refractivity contribution in [2.75, 3.05) is 0 Å². The van der Waals surface area contributed by atoms with E-state index in [1.54, 1.807) is 67.3 Å². The van der Waals surface area contributed by atoms with Gasteiger partial charge in [0.25, 0.3) is 0 Å². The molecule has 2 atom stereocenters. The highest BCUT2D eigenvalue weighted by Gasteiger charge is 2.43. The SMILES string of the molecule is O=S1(=O)c2ccccc2C(O)C(Cc2cccnc2)N1Cc1ccncc1. The highest BCUT2D eigenvalue weighted by molar-refractivity contribution is 7.89. The van der Waals surface area contributed by atoms with Crippen molar-refractivity contribution in [3.05, 3.63) is 90.0 Å². The molecule has 138 valence electrons. The number of aromatic nitrogens is 2. The van der Waals surface area contributed by atoms with Gasteiger partial charge in [-0.1, -0.05) is 24.3 Å². The van der Waals surface area contributed by atoms with Crippen LogP contribution in [0.1, 0.15) is 22.8 Å². The molecular weight excluding hydrogens is 362 g/mol. The Hall–Kier alpha value is -2.61. The number of benzene rings is 1. The zero-order valence-corrected chi connectivity index (χ0v) is 15.3. The number of fused-ring (bicyclic) bond motifs is 1. The van der Waals surface area contributed by atoms with Crippen molar-refractivity contribution in [3.8, 4) is 0 Å². The van der Waals surface area contributed by atoms with E-state index >= 15 is 0 Å². The standard InChI is InChI=1S/C20H19N3O3S/c24-20-17-5-1-2-6-19(17)27(25,26)23(14-15-7-10-21-11-8-15)18(20)12-16-4-3-9-22-13-16/h1-11,13,18,20,24H,12,14H2. The average Bonchev–Trinajstić information content (AvgIpc) is 2.71. The minimum atomic E-state index is -3.75. The predicted octanol–water partition coefficient (Wildman–Crippen LogP) is 2.33. The van der Waals surface area contributed by atoms with Crippen LogP contribution in [0.3, 0.4) is 0 Å². The van der Waals surface area contributed by atoms with E-state index in [0.717, 1.165) is 11.1 Å². The first kappa shape index (κ1) is 17.8. The Morgan fingerprint density at radius 3 is 2.44 bits per heavy atom. The van der Waals surface area contributed by atoms with Gasteiger partial charge in [0.2, 0.25) is 10.0 Å².